The monoisotopic (exact) mass is 507 g/mol. The summed E-state index contributed by atoms with van der Waals surface area (Å²) in [5, 5.41) is 12.3. The maximum absolute atomic E-state index is 12.9. The van der Waals surface area contributed by atoms with Crippen LogP contribution in [0, 0.1) is 0 Å². The molecule has 1 unspecified atom stereocenters. The van der Waals surface area contributed by atoms with Crippen LogP contribution in [-0.4, -0.2) is 82.5 Å². The van der Waals surface area contributed by atoms with Gasteiger partial charge in [-0.3, -0.25) is 14.4 Å². The Morgan fingerprint density at radius 1 is 1.31 bits per heavy atom. The molecule has 0 spiro atoms. The Hall–Kier alpha value is -4.14. The third-order valence-electron chi connectivity index (χ3n) is 5.44. The van der Waals surface area contributed by atoms with E-state index < -0.39 is 18.6 Å². The minimum Gasteiger partial charge on any atom is -0.444 e. The first-order valence-electron chi connectivity index (χ1n) is 10.8. The normalized spacial score (nSPS) is 16.1. The number of carbonyl (C=O) groups excluding carboxylic acids is 2. The van der Waals surface area contributed by atoms with E-state index in [0.717, 1.165) is 6.26 Å². The van der Waals surface area contributed by atoms with Gasteiger partial charge in [0, 0.05) is 32.4 Å². The first kappa shape index (κ1) is 25.0. The highest BCUT2D eigenvalue weighted by Crippen LogP contribution is 2.29. The summed E-state index contributed by atoms with van der Waals surface area (Å²) in [6.07, 6.45) is -0.415. The summed E-state index contributed by atoms with van der Waals surface area (Å²) >= 11 is 0. The lowest BCUT2D eigenvalue weighted by Crippen LogP contribution is -2.37. The number of aryl methyl sites for hydroxylation is 1. The molecular weight excluding hydrogens is 483 g/mol. The minimum absolute atomic E-state index is 0.0224. The lowest BCUT2D eigenvalue weighted by Gasteiger charge is -2.16. The van der Waals surface area contributed by atoms with Crippen molar-refractivity contribution in [2.45, 2.75) is 12.2 Å². The Morgan fingerprint density at radius 2 is 2.08 bits per heavy atom. The molecular formula is C21H24F3N9O3. The summed E-state index contributed by atoms with van der Waals surface area (Å²) in [5.74, 6) is -0.323. The van der Waals surface area contributed by atoms with E-state index in [9.17, 15) is 22.8 Å². The van der Waals surface area contributed by atoms with Gasteiger partial charge in [0.1, 0.15) is 24.3 Å². The van der Waals surface area contributed by atoms with Gasteiger partial charge < -0.3 is 25.3 Å². The van der Waals surface area contributed by atoms with Crippen molar-refractivity contribution in [2.24, 2.45) is 7.05 Å². The van der Waals surface area contributed by atoms with Gasteiger partial charge >= 0.3 is 12.2 Å². The molecule has 1 aliphatic rings. The number of likely N-dealkylation sites (N-methyl/N-ethyl adjacent to an activating group) is 2. The van der Waals surface area contributed by atoms with Crippen LogP contribution in [0.3, 0.4) is 0 Å². The van der Waals surface area contributed by atoms with E-state index in [1.54, 1.807) is 32.2 Å². The number of rotatable bonds is 8. The van der Waals surface area contributed by atoms with E-state index in [1.807, 2.05) is 0 Å². The van der Waals surface area contributed by atoms with Gasteiger partial charge in [0.05, 0.1) is 18.8 Å². The van der Waals surface area contributed by atoms with Gasteiger partial charge in [-0.1, -0.05) is 0 Å². The quantitative estimate of drug-likeness (QED) is 0.423. The van der Waals surface area contributed by atoms with Crippen LogP contribution in [0.1, 0.15) is 10.5 Å². The maximum atomic E-state index is 12.9. The number of halogens is 3. The number of nitrogens with one attached hydrogen (secondary N) is 3. The Labute approximate surface area is 203 Å². The highest BCUT2D eigenvalue weighted by molar-refractivity contribution is 6.06. The summed E-state index contributed by atoms with van der Waals surface area (Å²) in [6, 6.07) is 2.50. The van der Waals surface area contributed by atoms with Gasteiger partial charge in [-0.15, -0.1) is 0 Å². The maximum Gasteiger partial charge on any atom is 0.405 e. The largest absolute Gasteiger partial charge is 0.444 e. The molecule has 3 aromatic rings. The van der Waals surface area contributed by atoms with E-state index >= 15 is 0 Å². The average Bonchev–Trinajstić information content (AvgIpc) is 3.52. The zero-order valence-electron chi connectivity index (χ0n) is 19.6. The molecule has 0 bridgehead atoms. The van der Waals surface area contributed by atoms with Gasteiger partial charge in [-0.25, -0.2) is 14.8 Å². The van der Waals surface area contributed by atoms with Gasteiger partial charge in [0.2, 0.25) is 5.89 Å². The van der Waals surface area contributed by atoms with E-state index in [-0.39, 0.29) is 29.5 Å². The SMILES string of the molecule is CNCC1CN(c2nn(C)cc2NC(=O)c2coc(-c3ccnc(NCC(F)(F)F)c3)n2)C(=O)N1C. The first-order valence-corrected chi connectivity index (χ1v) is 10.8. The number of anilines is 3. The van der Waals surface area contributed by atoms with Crippen LogP contribution in [0.4, 0.5) is 35.3 Å². The number of hydrogen-bond donors (Lipinski definition) is 3. The molecule has 1 saturated heterocycles. The molecule has 36 heavy (non-hydrogen) atoms. The Balaban J connectivity index is 1.49. The number of urea groups is 1. The second kappa shape index (κ2) is 9.85. The number of amides is 3. The molecule has 4 heterocycles. The fourth-order valence-corrected chi connectivity index (χ4v) is 3.68. The second-order valence-electron chi connectivity index (χ2n) is 8.15. The Kier molecular flexibility index (Phi) is 6.83. The van der Waals surface area contributed by atoms with E-state index in [1.165, 1.54) is 27.9 Å². The van der Waals surface area contributed by atoms with Crippen molar-refractivity contribution in [1.29, 1.82) is 0 Å². The number of carbonyl (C=O) groups is 2. The van der Waals surface area contributed by atoms with Crippen LogP contribution in [0.25, 0.3) is 11.5 Å². The van der Waals surface area contributed by atoms with Crippen molar-refractivity contribution in [3.05, 3.63) is 36.5 Å². The second-order valence-corrected chi connectivity index (χ2v) is 8.15. The van der Waals surface area contributed by atoms with Gasteiger partial charge in [-0.2, -0.15) is 18.3 Å². The van der Waals surface area contributed by atoms with E-state index in [0.29, 0.717) is 30.2 Å². The molecule has 0 radical (unpaired) electrons. The molecule has 15 heteroatoms. The highest BCUT2D eigenvalue weighted by atomic mass is 19.4. The third kappa shape index (κ3) is 5.40. The van der Waals surface area contributed by atoms with Crippen LogP contribution in [-0.2, 0) is 7.05 Å². The first-order chi connectivity index (χ1) is 17.1. The summed E-state index contributed by atoms with van der Waals surface area (Å²) in [4.78, 5) is 36.7. The van der Waals surface area contributed by atoms with Crippen molar-refractivity contribution >= 4 is 29.3 Å². The molecule has 0 aromatic carbocycles. The number of oxazole rings is 1. The molecule has 3 N–H and O–H groups in total. The van der Waals surface area contributed by atoms with E-state index in [4.69, 9.17) is 4.42 Å². The highest BCUT2D eigenvalue weighted by Gasteiger charge is 2.37. The fourth-order valence-electron chi connectivity index (χ4n) is 3.68. The summed E-state index contributed by atoms with van der Waals surface area (Å²) in [6.45, 7) is -0.268. The molecule has 1 fully saturated rings. The van der Waals surface area contributed by atoms with Crippen molar-refractivity contribution in [3.63, 3.8) is 0 Å². The van der Waals surface area contributed by atoms with Crippen molar-refractivity contribution in [2.75, 3.05) is 49.3 Å². The Morgan fingerprint density at radius 3 is 2.81 bits per heavy atom. The van der Waals surface area contributed by atoms with Gasteiger partial charge in [0.25, 0.3) is 5.91 Å². The molecule has 0 aliphatic carbocycles. The van der Waals surface area contributed by atoms with Gasteiger partial charge in [-0.05, 0) is 19.2 Å². The van der Waals surface area contributed by atoms with E-state index in [2.05, 4.69) is 31.0 Å². The molecule has 4 rings (SSSR count). The van der Waals surface area contributed by atoms with Crippen molar-refractivity contribution < 1.29 is 27.2 Å². The number of hydrogen-bond acceptors (Lipinski definition) is 8. The zero-order valence-corrected chi connectivity index (χ0v) is 19.6. The zero-order chi connectivity index (χ0) is 26.0. The predicted octanol–water partition coefficient (Wildman–Crippen LogP) is 2.16. The predicted molar refractivity (Wildman–Crippen MR) is 124 cm³/mol. The van der Waals surface area contributed by atoms with Crippen LogP contribution in [0.2, 0.25) is 0 Å². The van der Waals surface area contributed by atoms with Crippen molar-refractivity contribution in [1.82, 2.24) is 30.0 Å². The van der Waals surface area contributed by atoms with Crippen LogP contribution < -0.4 is 20.9 Å². The minimum atomic E-state index is -4.40. The smallest absolute Gasteiger partial charge is 0.405 e. The Bertz CT molecular complexity index is 1260. The van der Waals surface area contributed by atoms with Crippen LogP contribution >= 0.6 is 0 Å². The standard InChI is InChI=1S/C21H24F3N9O3/c1-25-7-13-8-33(20(35)32(13)3)17-14(9-31(2)30-17)28-18(34)15-10-36-19(29-15)12-4-5-26-16(6-12)27-11-21(22,23)24/h4-6,9-10,13,25H,7-8,11H2,1-3H3,(H,26,27)(H,28,34). The van der Waals surface area contributed by atoms with Crippen LogP contribution in [0.15, 0.2) is 35.2 Å². The molecule has 3 aromatic heterocycles. The molecule has 192 valence electrons. The number of aromatic nitrogens is 4. The average molecular weight is 507 g/mol. The third-order valence-corrected chi connectivity index (χ3v) is 5.44. The summed E-state index contributed by atoms with van der Waals surface area (Å²) < 4.78 is 44.2. The number of alkyl halides is 3. The topological polar surface area (TPSA) is 133 Å². The van der Waals surface area contributed by atoms with Crippen molar-refractivity contribution in [3.8, 4) is 11.5 Å². The number of pyridine rings is 1. The molecule has 1 aliphatic heterocycles. The van der Waals surface area contributed by atoms with Crippen LogP contribution in [0.5, 0.6) is 0 Å². The number of nitrogens with zero attached hydrogens (tertiary/aromatic N) is 6. The molecule has 3 amide bonds. The fraction of sp³-hybridized carbons (Fsp3) is 0.381. The summed E-state index contributed by atoms with van der Waals surface area (Å²) in [7, 11) is 5.16. The lowest BCUT2D eigenvalue weighted by atomic mass is 10.2. The molecule has 12 nitrogen and oxygen atoms in total. The van der Waals surface area contributed by atoms with Gasteiger partial charge in [0.15, 0.2) is 11.5 Å². The summed E-state index contributed by atoms with van der Waals surface area (Å²) in [5.41, 5.74) is 0.567. The lowest BCUT2D eigenvalue weighted by molar-refractivity contribution is -0.115. The molecule has 1 atom stereocenters. The molecule has 0 saturated carbocycles.